The molecule has 0 saturated carbocycles. The summed E-state index contributed by atoms with van der Waals surface area (Å²) in [7, 11) is 0. The minimum atomic E-state index is 0.257. The number of nitrogens with two attached hydrogens (primary N) is 1. The van der Waals surface area contributed by atoms with Gasteiger partial charge in [0.2, 0.25) is 0 Å². The Morgan fingerprint density at radius 3 is 2.90 bits per heavy atom. The van der Waals surface area contributed by atoms with Gasteiger partial charge in [-0.2, -0.15) is 0 Å². The molecule has 0 aromatic heterocycles. The van der Waals surface area contributed by atoms with Gasteiger partial charge in [0, 0.05) is 5.41 Å². The van der Waals surface area contributed by atoms with Crippen LogP contribution in [-0.4, -0.2) is 26.1 Å². The van der Waals surface area contributed by atoms with Crippen LogP contribution in [0.25, 0.3) is 0 Å². The van der Waals surface area contributed by atoms with E-state index < -0.39 is 0 Å². The molecule has 1 aliphatic heterocycles. The van der Waals surface area contributed by atoms with E-state index in [1.807, 2.05) is 0 Å². The standard InChI is InChI=1S/C6H13N3O/c1-6(3-10-4-6)2-8-5-9-7/h5H,2-4,7H2,1H3,(H,8,9). The van der Waals surface area contributed by atoms with Crippen molar-refractivity contribution in [2.45, 2.75) is 6.92 Å². The number of rotatable bonds is 3. The molecule has 0 atom stereocenters. The molecule has 1 aliphatic rings. The van der Waals surface area contributed by atoms with Crippen molar-refractivity contribution >= 4 is 6.34 Å². The second kappa shape index (κ2) is 2.98. The normalized spacial score (nSPS) is 22.6. The van der Waals surface area contributed by atoms with Gasteiger partial charge in [-0.1, -0.05) is 6.92 Å². The number of ether oxygens (including phenoxy) is 1. The third-order valence-electron chi connectivity index (χ3n) is 1.54. The van der Waals surface area contributed by atoms with E-state index in [0.29, 0.717) is 0 Å². The molecule has 1 rings (SSSR count). The quantitative estimate of drug-likeness (QED) is 0.243. The predicted octanol–water partition coefficient (Wildman–Crippen LogP) is -0.486. The van der Waals surface area contributed by atoms with E-state index in [2.05, 4.69) is 17.3 Å². The molecule has 1 heterocycles. The zero-order valence-corrected chi connectivity index (χ0v) is 6.13. The first-order valence-electron chi connectivity index (χ1n) is 3.29. The molecule has 0 bridgehead atoms. The number of hydrogen-bond donors (Lipinski definition) is 2. The molecule has 0 radical (unpaired) electrons. The molecule has 0 amide bonds. The van der Waals surface area contributed by atoms with Crippen LogP contribution in [0.2, 0.25) is 0 Å². The lowest BCUT2D eigenvalue weighted by Crippen LogP contribution is -2.42. The lowest BCUT2D eigenvalue weighted by molar-refractivity contribution is -0.0944. The van der Waals surface area contributed by atoms with Gasteiger partial charge >= 0.3 is 0 Å². The fraction of sp³-hybridized carbons (Fsp3) is 0.833. The molecule has 10 heavy (non-hydrogen) atoms. The minimum Gasteiger partial charge on any atom is -0.380 e. The van der Waals surface area contributed by atoms with Gasteiger partial charge in [0.1, 0.15) is 0 Å². The van der Waals surface area contributed by atoms with Crippen LogP contribution in [0.15, 0.2) is 4.99 Å². The highest BCUT2D eigenvalue weighted by atomic mass is 16.5. The predicted molar refractivity (Wildman–Crippen MR) is 39.6 cm³/mol. The van der Waals surface area contributed by atoms with Gasteiger partial charge in [0.25, 0.3) is 0 Å². The zero-order chi connectivity index (χ0) is 7.45. The van der Waals surface area contributed by atoms with Crippen LogP contribution in [0.4, 0.5) is 0 Å². The fourth-order valence-electron chi connectivity index (χ4n) is 0.861. The third-order valence-corrected chi connectivity index (χ3v) is 1.54. The third kappa shape index (κ3) is 1.68. The number of nitrogens with zero attached hydrogens (tertiary/aromatic N) is 1. The SMILES string of the molecule is CC1(CN=CNN)COC1. The molecule has 4 nitrogen and oxygen atoms in total. The second-order valence-corrected chi connectivity index (χ2v) is 2.94. The van der Waals surface area contributed by atoms with Gasteiger partial charge in [0.15, 0.2) is 0 Å². The van der Waals surface area contributed by atoms with E-state index >= 15 is 0 Å². The first kappa shape index (κ1) is 7.50. The first-order chi connectivity index (χ1) is 4.77. The van der Waals surface area contributed by atoms with E-state index in [0.717, 1.165) is 19.8 Å². The summed E-state index contributed by atoms with van der Waals surface area (Å²) in [4.78, 5) is 4.04. The highest BCUT2D eigenvalue weighted by Crippen LogP contribution is 2.26. The van der Waals surface area contributed by atoms with Crippen molar-refractivity contribution in [3.63, 3.8) is 0 Å². The van der Waals surface area contributed by atoms with Gasteiger partial charge in [0.05, 0.1) is 26.1 Å². The second-order valence-electron chi connectivity index (χ2n) is 2.94. The maximum atomic E-state index is 5.04. The smallest absolute Gasteiger partial charge is 0.0964 e. The molecule has 3 N–H and O–H groups in total. The molecule has 4 heteroatoms. The lowest BCUT2D eigenvalue weighted by Gasteiger charge is -2.36. The number of hydrogen-bond acceptors (Lipinski definition) is 3. The van der Waals surface area contributed by atoms with E-state index in [9.17, 15) is 0 Å². The summed E-state index contributed by atoms with van der Waals surface area (Å²) in [6, 6.07) is 0. The van der Waals surface area contributed by atoms with Crippen LogP contribution in [0.5, 0.6) is 0 Å². The summed E-state index contributed by atoms with van der Waals surface area (Å²) in [5, 5.41) is 0. The molecule has 0 unspecified atom stereocenters. The van der Waals surface area contributed by atoms with Crippen molar-refractivity contribution in [3.8, 4) is 0 Å². The molecule has 0 spiro atoms. The van der Waals surface area contributed by atoms with E-state index in [-0.39, 0.29) is 5.41 Å². The van der Waals surface area contributed by atoms with E-state index in [1.54, 1.807) is 0 Å². The largest absolute Gasteiger partial charge is 0.380 e. The van der Waals surface area contributed by atoms with Crippen molar-refractivity contribution in [2.24, 2.45) is 16.3 Å². The molecule has 0 aromatic rings. The Balaban J connectivity index is 2.17. The lowest BCUT2D eigenvalue weighted by atomic mass is 9.89. The van der Waals surface area contributed by atoms with Crippen molar-refractivity contribution in [3.05, 3.63) is 0 Å². The zero-order valence-electron chi connectivity index (χ0n) is 6.13. The monoisotopic (exact) mass is 143 g/mol. The van der Waals surface area contributed by atoms with Crippen LogP contribution in [-0.2, 0) is 4.74 Å². The van der Waals surface area contributed by atoms with Gasteiger partial charge in [-0.25, -0.2) is 5.84 Å². The van der Waals surface area contributed by atoms with Crippen molar-refractivity contribution in [1.82, 2.24) is 5.43 Å². The maximum absolute atomic E-state index is 5.04. The Morgan fingerprint density at radius 1 is 1.80 bits per heavy atom. The fourth-order valence-corrected chi connectivity index (χ4v) is 0.861. The molecular formula is C6H13N3O. The van der Waals surface area contributed by atoms with Crippen LogP contribution < -0.4 is 11.3 Å². The highest BCUT2D eigenvalue weighted by Gasteiger charge is 2.32. The molecule has 0 aromatic carbocycles. The van der Waals surface area contributed by atoms with Crippen molar-refractivity contribution < 1.29 is 4.74 Å². The Morgan fingerprint density at radius 2 is 2.50 bits per heavy atom. The Labute approximate surface area is 60.4 Å². The van der Waals surface area contributed by atoms with E-state index in [1.165, 1.54) is 6.34 Å². The molecular weight excluding hydrogens is 130 g/mol. The summed E-state index contributed by atoms with van der Waals surface area (Å²) in [5.41, 5.74) is 2.61. The number of aliphatic imine (C=N–C) groups is 1. The van der Waals surface area contributed by atoms with Gasteiger partial charge < -0.3 is 10.2 Å². The van der Waals surface area contributed by atoms with E-state index in [4.69, 9.17) is 10.6 Å². The Kier molecular flexibility index (Phi) is 2.24. The summed E-state index contributed by atoms with van der Waals surface area (Å²) in [5.74, 6) is 4.99. The van der Waals surface area contributed by atoms with Crippen LogP contribution in [0.3, 0.4) is 0 Å². The average molecular weight is 143 g/mol. The molecule has 1 fully saturated rings. The highest BCUT2D eigenvalue weighted by molar-refractivity contribution is 5.53. The van der Waals surface area contributed by atoms with Gasteiger partial charge in [-0.15, -0.1) is 0 Å². The number of hydrazine groups is 1. The molecule has 1 saturated heterocycles. The minimum absolute atomic E-state index is 0.257. The molecule has 0 aliphatic carbocycles. The summed E-state index contributed by atoms with van der Waals surface area (Å²) >= 11 is 0. The van der Waals surface area contributed by atoms with Gasteiger partial charge in [-0.05, 0) is 0 Å². The van der Waals surface area contributed by atoms with Crippen molar-refractivity contribution in [2.75, 3.05) is 19.8 Å². The van der Waals surface area contributed by atoms with Crippen LogP contribution >= 0.6 is 0 Å². The van der Waals surface area contributed by atoms with Gasteiger partial charge in [-0.3, -0.25) is 4.99 Å². The Hall–Kier alpha value is -0.610. The average Bonchev–Trinajstić information content (AvgIpc) is 1.85. The van der Waals surface area contributed by atoms with Crippen LogP contribution in [0.1, 0.15) is 6.92 Å². The van der Waals surface area contributed by atoms with Crippen molar-refractivity contribution in [1.29, 1.82) is 0 Å². The summed E-state index contributed by atoms with van der Waals surface area (Å²) in [6.45, 7) is 4.56. The number of nitrogens with one attached hydrogen (secondary N) is 1. The maximum Gasteiger partial charge on any atom is 0.0964 e. The Bertz CT molecular complexity index is 131. The topological polar surface area (TPSA) is 59.6 Å². The molecule has 58 valence electrons. The van der Waals surface area contributed by atoms with Crippen LogP contribution in [0, 0.1) is 5.41 Å². The summed E-state index contributed by atoms with van der Waals surface area (Å²) in [6.07, 6.45) is 1.50. The summed E-state index contributed by atoms with van der Waals surface area (Å²) < 4.78 is 5.04. The first-order valence-corrected chi connectivity index (χ1v) is 3.29.